The van der Waals surface area contributed by atoms with Crippen LogP contribution in [-0.2, 0) is 23.1 Å². The Labute approximate surface area is 122 Å². The summed E-state index contributed by atoms with van der Waals surface area (Å²) < 4.78 is 27.5. The Balaban J connectivity index is 1.75. The molecule has 114 valence electrons. The summed E-state index contributed by atoms with van der Waals surface area (Å²) in [6.45, 7) is 2.36. The van der Waals surface area contributed by atoms with E-state index < -0.39 is 10.0 Å². The molecule has 21 heavy (non-hydrogen) atoms. The molecule has 0 unspecified atom stereocenters. The molecule has 2 aromatic rings. The van der Waals surface area contributed by atoms with Crippen LogP contribution in [0.15, 0.2) is 17.3 Å². The molecule has 1 aliphatic carbocycles. The Morgan fingerprint density at radius 1 is 1.38 bits per heavy atom. The van der Waals surface area contributed by atoms with Gasteiger partial charge in [-0.1, -0.05) is 0 Å². The highest BCUT2D eigenvalue weighted by atomic mass is 32.2. The summed E-state index contributed by atoms with van der Waals surface area (Å²) >= 11 is 0. The van der Waals surface area contributed by atoms with E-state index >= 15 is 0 Å². The molecule has 1 aliphatic rings. The molecule has 1 fully saturated rings. The number of nitrogens with one attached hydrogen (secondary N) is 4. The quantitative estimate of drug-likeness (QED) is 0.582. The van der Waals surface area contributed by atoms with Crippen molar-refractivity contribution in [2.24, 2.45) is 0 Å². The van der Waals surface area contributed by atoms with E-state index in [1.54, 1.807) is 19.3 Å². The van der Waals surface area contributed by atoms with Gasteiger partial charge in [0, 0.05) is 30.9 Å². The Morgan fingerprint density at radius 2 is 2.19 bits per heavy atom. The summed E-state index contributed by atoms with van der Waals surface area (Å²) in [6.07, 6.45) is 5.52. The molecule has 9 heteroatoms. The lowest BCUT2D eigenvalue weighted by Gasteiger charge is -2.07. The zero-order chi connectivity index (χ0) is 14.9. The predicted octanol–water partition coefficient (Wildman–Crippen LogP) is 0.172. The average Bonchev–Trinajstić information content (AvgIpc) is 2.97. The Bertz CT molecular complexity index is 702. The molecule has 0 saturated heterocycles. The second kappa shape index (κ2) is 5.58. The SMILES string of the molecule is Cc1[nH]nc(CNC2CC2)c1S(=O)(=O)NCc1cn[nH]c1. The minimum atomic E-state index is -3.61. The van der Waals surface area contributed by atoms with Crippen LogP contribution >= 0.6 is 0 Å². The number of aromatic amines is 2. The summed E-state index contributed by atoms with van der Waals surface area (Å²) in [6, 6.07) is 0.497. The molecule has 4 N–H and O–H groups in total. The van der Waals surface area contributed by atoms with Crippen LogP contribution in [0.25, 0.3) is 0 Å². The van der Waals surface area contributed by atoms with Gasteiger partial charge in [-0.25, -0.2) is 13.1 Å². The summed E-state index contributed by atoms with van der Waals surface area (Å²) in [4.78, 5) is 0.235. The number of rotatable bonds is 7. The molecule has 0 bridgehead atoms. The summed E-state index contributed by atoms with van der Waals surface area (Å²) in [5.74, 6) is 0. The van der Waals surface area contributed by atoms with Gasteiger partial charge in [-0.3, -0.25) is 10.2 Å². The van der Waals surface area contributed by atoms with Crippen molar-refractivity contribution in [3.8, 4) is 0 Å². The first-order valence-electron chi connectivity index (χ1n) is 6.81. The van der Waals surface area contributed by atoms with E-state index in [4.69, 9.17) is 0 Å². The molecular formula is C12H18N6O2S. The first kappa shape index (κ1) is 14.2. The van der Waals surface area contributed by atoms with Crippen molar-refractivity contribution in [3.63, 3.8) is 0 Å². The van der Waals surface area contributed by atoms with Crippen molar-refractivity contribution >= 4 is 10.0 Å². The molecule has 0 radical (unpaired) electrons. The second-order valence-electron chi connectivity index (χ2n) is 5.21. The van der Waals surface area contributed by atoms with E-state index in [-0.39, 0.29) is 11.4 Å². The van der Waals surface area contributed by atoms with Crippen molar-refractivity contribution in [1.82, 2.24) is 30.4 Å². The molecule has 0 aromatic carbocycles. The zero-order valence-corrected chi connectivity index (χ0v) is 12.5. The first-order chi connectivity index (χ1) is 10.1. The Hall–Kier alpha value is -1.71. The van der Waals surface area contributed by atoms with Gasteiger partial charge >= 0.3 is 0 Å². The second-order valence-corrected chi connectivity index (χ2v) is 6.91. The number of H-pyrrole nitrogens is 2. The van der Waals surface area contributed by atoms with Gasteiger partial charge in [0.1, 0.15) is 4.90 Å². The number of nitrogens with zero attached hydrogens (tertiary/aromatic N) is 2. The van der Waals surface area contributed by atoms with Crippen molar-refractivity contribution in [3.05, 3.63) is 29.3 Å². The fourth-order valence-electron chi connectivity index (χ4n) is 2.10. The van der Waals surface area contributed by atoms with E-state index in [1.165, 1.54) is 0 Å². The lowest BCUT2D eigenvalue weighted by molar-refractivity contribution is 0.577. The van der Waals surface area contributed by atoms with Gasteiger partial charge in [0.2, 0.25) is 10.0 Å². The predicted molar refractivity (Wildman–Crippen MR) is 75.8 cm³/mol. The first-order valence-corrected chi connectivity index (χ1v) is 8.29. The number of sulfonamides is 1. The molecule has 3 rings (SSSR count). The largest absolute Gasteiger partial charge is 0.308 e. The standard InChI is InChI=1S/C12H18N6O2S/c1-8-12(11(18-17-8)7-13-10-2-3-10)21(19,20)16-6-9-4-14-15-5-9/h4-5,10,13,16H,2-3,6-7H2,1H3,(H,14,15)(H,17,18). The fourth-order valence-corrected chi connectivity index (χ4v) is 3.48. The molecule has 0 amide bonds. The van der Waals surface area contributed by atoms with Crippen LogP contribution in [0.1, 0.15) is 29.8 Å². The summed E-state index contributed by atoms with van der Waals surface area (Å²) in [5.41, 5.74) is 1.85. The van der Waals surface area contributed by atoms with Gasteiger partial charge in [0.15, 0.2) is 0 Å². The number of aromatic nitrogens is 4. The van der Waals surface area contributed by atoms with Crippen LogP contribution in [0.5, 0.6) is 0 Å². The third kappa shape index (κ3) is 3.31. The molecule has 8 nitrogen and oxygen atoms in total. The average molecular weight is 310 g/mol. The smallest absolute Gasteiger partial charge is 0.244 e. The van der Waals surface area contributed by atoms with Crippen LogP contribution < -0.4 is 10.0 Å². The van der Waals surface area contributed by atoms with Gasteiger partial charge in [0.25, 0.3) is 0 Å². The van der Waals surface area contributed by atoms with Crippen molar-refractivity contribution in [1.29, 1.82) is 0 Å². The van der Waals surface area contributed by atoms with Crippen LogP contribution in [0.2, 0.25) is 0 Å². The Morgan fingerprint density at radius 3 is 2.86 bits per heavy atom. The number of hydrogen-bond donors (Lipinski definition) is 4. The number of aryl methyl sites for hydroxylation is 1. The highest BCUT2D eigenvalue weighted by Crippen LogP contribution is 2.22. The topological polar surface area (TPSA) is 116 Å². The minimum Gasteiger partial charge on any atom is -0.308 e. The van der Waals surface area contributed by atoms with Crippen LogP contribution in [0, 0.1) is 6.92 Å². The van der Waals surface area contributed by atoms with Gasteiger partial charge < -0.3 is 5.32 Å². The zero-order valence-electron chi connectivity index (χ0n) is 11.7. The van der Waals surface area contributed by atoms with Gasteiger partial charge in [-0.15, -0.1) is 0 Å². The monoisotopic (exact) mass is 310 g/mol. The van der Waals surface area contributed by atoms with Gasteiger partial charge in [-0.2, -0.15) is 10.2 Å². The third-order valence-corrected chi connectivity index (χ3v) is 4.99. The summed E-state index contributed by atoms with van der Waals surface area (Å²) in [7, 11) is -3.61. The molecule has 1 saturated carbocycles. The van der Waals surface area contributed by atoms with Crippen LogP contribution in [0.4, 0.5) is 0 Å². The van der Waals surface area contributed by atoms with Crippen molar-refractivity contribution in [2.75, 3.05) is 0 Å². The lowest BCUT2D eigenvalue weighted by atomic mass is 10.3. The normalized spacial score (nSPS) is 15.5. The minimum absolute atomic E-state index is 0.193. The molecule has 0 atom stereocenters. The maximum absolute atomic E-state index is 12.5. The van der Waals surface area contributed by atoms with Crippen molar-refractivity contribution in [2.45, 2.75) is 43.8 Å². The molecular weight excluding hydrogens is 292 g/mol. The van der Waals surface area contributed by atoms with E-state index in [0.29, 0.717) is 24.0 Å². The molecule has 0 spiro atoms. The molecule has 2 aromatic heterocycles. The molecule has 2 heterocycles. The highest BCUT2D eigenvalue weighted by Gasteiger charge is 2.26. The van der Waals surface area contributed by atoms with E-state index in [9.17, 15) is 8.42 Å². The van der Waals surface area contributed by atoms with E-state index in [0.717, 1.165) is 18.4 Å². The Kier molecular flexibility index (Phi) is 3.79. The van der Waals surface area contributed by atoms with Gasteiger partial charge in [-0.05, 0) is 19.8 Å². The summed E-state index contributed by atoms with van der Waals surface area (Å²) in [5, 5.41) is 16.6. The van der Waals surface area contributed by atoms with E-state index in [2.05, 4.69) is 30.4 Å². The van der Waals surface area contributed by atoms with Crippen LogP contribution in [-0.4, -0.2) is 34.9 Å². The van der Waals surface area contributed by atoms with Gasteiger partial charge in [0.05, 0.1) is 17.6 Å². The third-order valence-electron chi connectivity index (χ3n) is 3.39. The molecule has 0 aliphatic heterocycles. The fraction of sp³-hybridized carbons (Fsp3) is 0.500. The maximum Gasteiger partial charge on any atom is 0.244 e. The lowest BCUT2D eigenvalue weighted by Crippen LogP contribution is -2.26. The number of hydrogen-bond acceptors (Lipinski definition) is 5. The van der Waals surface area contributed by atoms with Crippen LogP contribution in [0.3, 0.4) is 0 Å². The maximum atomic E-state index is 12.5. The van der Waals surface area contributed by atoms with Crippen molar-refractivity contribution < 1.29 is 8.42 Å². The van der Waals surface area contributed by atoms with E-state index in [1.807, 2.05) is 0 Å². The highest BCUT2D eigenvalue weighted by molar-refractivity contribution is 7.89.